The molecule has 0 aromatic heterocycles. The van der Waals surface area contributed by atoms with Crippen molar-refractivity contribution in [3.05, 3.63) is 12.7 Å². The molecule has 0 aromatic rings. The van der Waals surface area contributed by atoms with Crippen LogP contribution in [0.1, 0.15) is 59.3 Å². The number of carbonyl (C=O) groups excluding carboxylic acids is 1. The van der Waals surface area contributed by atoms with Crippen LogP contribution >= 0.6 is 0 Å². The molecule has 0 aliphatic rings. The molecule has 2 heteroatoms. The highest BCUT2D eigenvalue weighted by Crippen LogP contribution is 2.28. The van der Waals surface area contributed by atoms with Gasteiger partial charge in [0.05, 0.1) is 20.6 Å². The molecule has 0 rings (SSSR count). The molecule has 0 amide bonds. The molecule has 0 saturated carbocycles. The predicted molar refractivity (Wildman–Crippen MR) is 79.6 cm³/mol. The van der Waals surface area contributed by atoms with E-state index in [0.29, 0.717) is 0 Å². The number of quaternary nitrogens is 1. The van der Waals surface area contributed by atoms with Crippen molar-refractivity contribution in [2.45, 2.75) is 64.8 Å². The highest BCUT2D eigenvalue weighted by Gasteiger charge is 2.44. The molecule has 0 bridgehead atoms. The number of likely N-dealkylation sites (N-methyl/N-ethyl adjacent to an activating group) is 1. The average molecular weight is 254 g/mol. The Hall–Kier alpha value is -0.630. The Kier molecular flexibility index (Phi) is 7.46. The summed E-state index contributed by atoms with van der Waals surface area (Å²) in [4.78, 5) is 12.2. The van der Waals surface area contributed by atoms with Crippen LogP contribution in [0.2, 0.25) is 0 Å². The van der Waals surface area contributed by atoms with Gasteiger partial charge >= 0.3 is 0 Å². The summed E-state index contributed by atoms with van der Waals surface area (Å²) >= 11 is 0. The van der Waals surface area contributed by atoms with Crippen LogP contribution in [0.5, 0.6) is 0 Å². The van der Waals surface area contributed by atoms with Crippen LogP contribution in [0.15, 0.2) is 12.7 Å². The van der Waals surface area contributed by atoms with Crippen molar-refractivity contribution in [1.29, 1.82) is 0 Å². The molecule has 0 aliphatic carbocycles. The quantitative estimate of drug-likeness (QED) is 0.328. The number of ketones is 1. The molecular formula is C16H32NO+. The standard InChI is InChI=1S/C16H32NO/c1-7-10-11-12-13-14-16(4,15(18)8-2)17(5,6)9-3/h8H,2,7,9-14H2,1,3-6H3/q+1. The lowest BCUT2D eigenvalue weighted by molar-refractivity contribution is -0.927. The monoisotopic (exact) mass is 254 g/mol. The first-order chi connectivity index (χ1) is 8.35. The third-order valence-electron chi connectivity index (χ3n) is 4.61. The number of nitrogens with zero attached hydrogens (tertiary/aromatic N) is 1. The summed E-state index contributed by atoms with van der Waals surface area (Å²) in [6, 6.07) is 0. The molecule has 0 N–H and O–H groups in total. The molecule has 18 heavy (non-hydrogen) atoms. The topological polar surface area (TPSA) is 17.1 Å². The van der Waals surface area contributed by atoms with E-state index in [2.05, 4.69) is 41.4 Å². The van der Waals surface area contributed by atoms with E-state index in [-0.39, 0.29) is 11.3 Å². The predicted octanol–water partition coefficient (Wildman–Crippen LogP) is 3.96. The Labute approximate surface area is 114 Å². The second kappa shape index (κ2) is 7.73. The van der Waals surface area contributed by atoms with Crippen LogP contribution in [0.3, 0.4) is 0 Å². The van der Waals surface area contributed by atoms with Gasteiger partial charge in [-0.1, -0.05) is 39.2 Å². The highest BCUT2D eigenvalue weighted by molar-refractivity contribution is 5.96. The molecule has 1 atom stereocenters. The van der Waals surface area contributed by atoms with Gasteiger partial charge in [-0.3, -0.25) is 4.79 Å². The average Bonchev–Trinajstić information content (AvgIpc) is 2.36. The fourth-order valence-corrected chi connectivity index (χ4v) is 2.37. The van der Waals surface area contributed by atoms with E-state index in [1.807, 2.05) is 0 Å². The number of hydrogen-bond donors (Lipinski definition) is 0. The first-order valence-electron chi connectivity index (χ1n) is 7.35. The van der Waals surface area contributed by atoms with Crippen LogP contribution in [-0.2, 0) is 4.79 Å². The van der Waals surface area contributed by atoms with Crippen LogP contribution < -0.4 is 0 Å². The van der Waals surface area contributed by atoms with E-state index in [0.717, 1.165) is 23.9 Å². The minimum absolute atomic E-state index is 0.185. The maximum absolute atomic E-state index is 12.2. The summed E-state index contributed by atoms with van der Waals surface area (Å²) in [6.07, 6.45) is 8.69. The van der Waals surface area contributed by atoms with Crippen LogP contribution in [-0.4, -0.2) is 36.4 Å². The number of rotatable bonds is 10. The molecule has 0 fully saturated rings. The van der Waals surface area contributed by atoms with Gasteiger partial charge in [0.15, 0.2) is 5.54 Å². The lowest BCUT2D eigenvalue weighted by Crippen LogP contribution is -2.61. The lowest BCUT2D eigenvalue weighted by Gasteiger charge is -2.44. The van der Waals surface area contributed by atoms with Crippen molar-refractivity contribution in [1.82, 2.24) is 0 Å². The Bertz CT molecular complexity index is 270. The van der Waals surface area contributed by atoms with Gasteiger partial charge in [-0.15, -0.1) is 0 Å². The molecule has 0 saturated heterocycles. The Balaban J connectivity index is 4.60. The molecule has 0 aliphatic heterocycles. The van der Waals surface area contributed by atoms with Gasteiger partial charge in [-0.2, -0.15) is 0 Å². The molecule has 2 nitrogen and oxygen atoms in total. The lowest BCUT2D eigenvalue weighted by atomic mass is 9.85. The fourth-order valence-electron chi connectivity index (χ4n) is 2.37. The summed E-state index contributed by atoms with van der Waals surface area (Å²) in [5.41, 5.74) is -0.317. The van der Waals surface area contributed by atoms with Crippen molar-refractivity contribution < 1.29 is 9.28 Å². The third-order valence-corrected chi connectivity index (χ3v) is 4.61. The first-order valence-corrected chi connectivity index (χ1v) is 7.35. The number of carbonyl (C=O) groups is 1. The molecule has 106 valence electrons. The van der Waals surface area contributed by atoms with Gasteiger partial charge in [0.2, 0.25) is 5.78 Å². The summed E-state index contributed by atoms with van der Waals surface area (Å²) in [6.45, 7) is 11.1. The Morgan fingerprint density at radius 1 is 1.17 bits per heavy atom. The van der Waals surface area contributed by atoms with E-state index in [4.69, 9.17) is 0 Å². The SMILES string of the molecule is C=CC(=O)C(C)(CCCCCCC)[N+](C)(C)CC. The highest BCUT2D eigenvalue weighted by atomic mass is 16.1. The summed E-state index contributed by atoms with van der Waals surface area (Å²) in [5, 5.41) is 0. The summed E-state index contributed by atoms with van der Waals surface area (Å²) in [7, 11) is 4.29. The van der Waals surface area contributed by atoms with Crippen LogP contribution in [0, 0.1) is 0 Å². The second-order valence-electron chi connectivity index (χ2n) is 6.01. The van der Waals surface area contributed by atoms with E-state index in [1.165, 1.54) is 31.8 Å². The molecule has 0 radical (unpaired) electrons. The van der Waals surface area contributed by atoms with Gasteiger partial charge < -0.3 is 4.48 Å². The first kappa shape index (κ1) is 17.4. The zero-order valence-corrected chi connectivity index (χ0v) is 13.1. The molecule has 0 aromatic carbocycles. The zero-order valence-electron chi connectivity index (χ0n) is 13.1. The number of unbranched alkanes of at least 4 members (excludes halogenated alkanes) is 4. The second-order valence-corrected chi connectivity index (χ2v) is 6.01. The zero-order chi connectivity index (χ0) is 14.2. The molecule has 0 heterocycles. The van der Waals surface area contributed by atoms with E-state index < -0.39 is 0 Å². The Morgan fingerprint density at radius 3 is 2.17 bits per heavy atom. The van der Waals surface area contributed by atoms with E-state index >= 15 is 0 Å². The Morgan fingerprint density at radius 2 is 1.72 bits per heavy atom. The van der Waals surface area contributed by atoms with Gasteiger partial charge in [0.1, 0.15) is 0 Å². The molecule has 1 unspecified atom stereocenters. The van der Waals surface area contributed by atoms with Crippen LogP contribution in [0.25, 0.3) is 0 Å². The minimum Gasteiger partial charge on any atom is -0.318 e. The van der Waals surface area contributed by atoms with Crippen molar-refractivity contribution in [3.8, 4) is 0 Å². The number of hydrogen-bond acceptors (Lipinski definition) is 1. The van der Waals surface area contributed by atoms with Crippen molar-refractivity contribution in [2.24, 2.45) is 0 Å². The third kappa shape index (κ3) is 4.24. The molecule has 0 spiro atoms. The van der Waals surface area contributed by atoms with Gasteiger partial charge in [-0.05, 0) is 26.3 Å². The normalized spacial score (nSPS) is 15.2. The smallest absolute Gasteiger partial charge is 0.214 e. The van der Waals surface area contributed by atoms with E-state index in [9.17, 15) is 4.79 Å². The van der Waals surface area contributed by atoms with Gasteiger partial charge in [0.25, 0.3) is 0 Å². The maximum Gasteiger partial charge on any atom is 0.214 e. The summed E-state index contributed by atoms with van der Waals surface area (Å²) in [5.74, 6) is 0.185. The van der Waals surface area contributed by atoms with Crippen molar-refractivity contribution in [3.63, 3.8) is 0 Å². The molecular weight excluding hydrogens is 222 g/mol. The summed E-state index contributed by atoms with van der Waals surface area (Å²) < 4.78 is 0.742. The van der Waals surface area contributed by atoms with Crippen molar-refractivity contribution in [2.75, 3.05) is 20.6 Å². The minimum atomic E-state index is -0.317. The fraction of sp³-hybridized carbons (Fsp3) is 0.812. The van der Waals surface area contributed by atoms with Gasteiger partial charge in [-0.25, -0.2) is 0 Å². The maximum atomic E-state index is 12.2. The van der Waals surface area contributed by atoms with Crippen LogP contribution in [0.4, 0.5) is 0 Å². The van der Waals surface area contributed by atoms with Crippen molar-refractivity contribution >= 4 is 5.78 Å². The largest absolute Gasteiger partial charge is 0.318 e. The van der Waals surface area contributed by atoms with Gasteiger partial charge in [0, 0.05) is 6.42 Å². The van der Waals surface area contributed by atoms with E-state index in [1.54, 1.807) is 0 Å².